The van der Waals surface area contributed by atoms with Crippen molar-refractivity contribution < 1.29 is 9.90 Å². The molecule has 8 heteroatoms. The third-order valence-corrected chi connectivity index (χ3v) is 5.86. The molecule has 3 heterocycles. The van der Waals surface area contributed by atoms with E-state index in [9.17, 15) is 9.90 Å². The van der Waals surface area contributed by atoms with Crippen molar-refractivity contribution in [2.24, 2.45) is 0 Å². The second-order valence-corrected chi connectivity index (χ2v) is 7.26. The normalized spacial score (nSPS) is 11.0. The number of fused-ring (bicyclic) bond motifs is 1. The number of carbonyl (C=O) groups is 1. The average molecular weight is 384 g/mol. The van der Waals surface area contributed by atoms with E-state index < -0.39 is 5.97 Å². The van der Waals surface area contributed by atoms with Crippen molar-refractivity contribution in [3.8, 4) is 0 Å². The average Bonchev–Trinajstić information content (AvgIpc) is 3.01. The van der Waals surface area contributed by atoms with Crippen LogP contribution in [0.5, 0.6) is 0 Å². The van der Waals surface area contributed by atoms with Crippen molar-refractivity contribution >= 4 is 60.6 Å². The first kappa shape index (κ1) is 14.4. The number of hydrogen-bond donors (Lipinski definition) is 2. The van der Waals surface area contributed by atoms with Gasteiger partial charge in [0.25, 0.3) is 0 Å². The Balaban J connectivity index is 1.96. The quantitative estimate of drug-likeness (QED) is 0.707. The number of aromatic nitrogens is 2. The zero-order valence-corrected chi connectivity index (χ0v) is 14.1. The van der Waals surface area contributed by atoms with Crippen molar-refractivity contribution in [3.05, 3.63) is 37.6 Å². The monoisotopic (exact) mass is 383 g/mol. The Kier molecular flexibility index (Phi) is 3.92. The predicted octanol–water partition coefficient (Wildman–Crippen LogP) is 4.13. The predicted molar refractivity (Wildman–Crippen MR) is 88.5 cm³/mol. The Hall–Kier alpha value is -1.51. The SMILES string of the molecule is Cc1c(C(=O)O)sc2ncnc(NCc3cc(Br)cs3)c12. The molecule has 0 bridgehead atoms. The number of carboxylic acids is 1. The van der Waals surface area contributed by atoms with Crippen molar-refractivity contribution in [2.75, 3.05) is 5.32 Å². The van der Waals surface area contributed by atoms with Crippen LogP contribution in [0.3, 0.4) is 0 Å². The number of hydrogen-bond acceptors (Lipinski definition) is 6. The van der Waals surface area contributed by atoms with E-state index in [-0.39, 0.29) is 0 Å². The molecule has 0 atom stereocenters. The fraction of sp³-hybridized carbons (Fsp3) is 0.154. The van der Waals surface area contributed by atoms with Crippen LogP contribution in [-0.2, 0) is 6.54 Å². The Morgan fingerprint density at radius 3 is 2.95 bits per heavy atom. The van der Waals surface area contributed by atoms with Crippen molar-refractivity contribution in [1.29, 1.82) is 0 Å². The molecule has 0 aliphatic carbocycles. The van der Waals surface area contributed by atoms with Crippen LogP contribution in [0, 0.1) is 6.92 Å². The van der Waals surface area contributed by atoms with E-state index in [2.05, 4.69) is 31.2 Å². The standard InChI is InChI=1S/C13H10BrN3O2S2/c1-6-9-11(15-3-8-2-7(14)4-20-8)16-5-17-12(9)21-10(6)13(18)19/h2,4-5H,3H2,1H3,(H,18,19)(H,15,16,17). The first-order chi connectivity index (χ1) is 10.1. The minimum atomic E-state index is -0.927. The summed E-state index contributed by atoms with van der Waals surface area (Å²) in [5.41, 5.74) is 0.706. The lowest BCUT2D eigenvalue weighted by molar-refractivity contribution is 0.0701. The summed E-state index contributed by atoms with van der Waals surface area (Å²) in [4.78, 5) is 21.8. The van der Waals surface area contributed by atoms with Gasteiger partial charge in [0, 0.05) is 14.7 Å². The van der Waals surface area contributed by atoms with Crippen LogP contribution in [0.4, 0.5) is 5.82 Å². The second-order valence-electron chi connectivity index (χ2n) is 4.35. The van der Waals surface area contributed by atoms with Gasteiger partial charge in [0.1, 0.15) is 21.9 Å². The molecule has 108 valence electrons. The Bertz CT molecular complexity index is 828. The first-order valence-electron chi connectivity index (χ1n) is 6.00. The van der Waals surface area contributed by atoms with E-state index in [4.69, 9.17) is 0 Å². The van der Waals surface area contributed by atoms with Crippen LogP contribution in [0.1, 0.15) is 20.1 Å². The van der Waals surface area contributed by atoms with Crippen LogP contribution in [0.2, 0.25) is 0 Å². The highest BCUT2D eigenvalue weighted by molar-refractivity contribution is 9.10. The zero-order valence-electron chi connectivity index (χ0n) is 10.9. The maximum atomic E-state index is 11.2. The van der Waals surface area contributed by atoms with E-state index in [1.807, 2.05) is 11.4 Å². The lowest BCUT2D eigenvalue weighted by Gasteiger charge is -2.05. The molecule has 0 spiro atoms. The summed E-state index contributed by atoms with van der Waals surface area (Å²) in [7, 11) is 0. The molecule has 3 aromatic heterocycles. The molecule has 0 fully saturated rings. The van der Waals surface area contributed by atoms with Crippen molar-refractivity contribution in [3.63, 3.8) is 0 Å². The molecule has 0 aliphatic heterocycles. The third-order valence-electron chi connectivity index (χ3n) is 2.97. The molecule has 0 aliphatic rings. The topological polar surface area (TPSA) is 75.1 Å². The fourth-order valence-electron chi connectivity index (χ4n) is 2.03. The Labute approximate surface area is 136 Å². The molecule has 0 amide bonds. The van der Waals surface area contributed by atoms with Gasteiger partial charge in [-0.1, -0.05) is 0 Å². The van der Waals surface area contributed by atoms with Gasteiger partial charge in [-0.25, -0.2) is 14.8 Å². The molecular weight excluding hydrogens is 374 g/mol. The molecule has 5 nitrogen and oxygen atoms in total. The zero-order chi connectivity index (χ0) is 15.0. The number of nitrogens with zero attached hydrogens (tertiary/aromatic N) is 2. The summed E-state index contributed by atoms with van der Waals surface area (Å²) >= 11 is 6.24. The number of halogens is 1. The summed E-state index contributed by atoms with van der Waals surface area (Å²) in [6.45, 7) is 2.43. The molecule has 3 aromatic rings. The van der Waals surface area contributed by atoms with E-state index in [0.29, 0.717) is 27.6 Å². The number of aromatic carboxylic acids is 1. The number of thiophene rings is 2. The number of nitrogens with one attached hydrogen (secondary N) is 1. The van der Waals surface area contributed by atoms with E-state index in [1.165, 1.54) is 22.5 Å². The Morgan fingerprint density at radius 2 is 2.29 bits per heavy atom. The van der Waals surface area contributed by atoms with Gasteiger partial charge in [-0.3, -0.25) is 0 Å². The maximum absolute atomic E-state index is 11.2. The van der Waals surface area contributed by atoms with Crippen LogP contribution < -0.4 is 5.32 Å². The van der Waals surface area contributed by atoms with Crippen molar-refractivity contribution in [1.82, 2.24) is 9.97 Å². The Morgan fingerprint density at radius 1 is 1.48 bits per heavy atom. The van der Waals surface area contributed by atoms with Crippen LogP contribution in [0.25, 0.3) is 10.2 Å². The largest absolute Gasteiger partial charge is 0.477 e. The fourth-order valence-corrected chi connectivity index (χ4v) is 4.41. The number of aryl methyl sites for hydroxylation is 1. The van der Waals surface area contributed by atoms with Gasteiger partial charge in [-0.15, -0.1) is 22.7 Å². The summed E-state index contributed by atoms with van der Waals surface area (Å²) in [6, 6.07) is 2.04. The third kappa shape index (κ3) is 2.78. The maximum Gasteiger partial charge on any atom is 0.346 e. The van der Waals surface area contributed by atoms with Crippen LogP contribution in [-0.4, -0.2) is 21.0 Å². The number of carboxylic acid groups (broad SMARTS) is 1. The highest BCUT2D eigenvalue weighted by Gasteiger charge is 2.18. The molecule has 21 heavy (non-hydrogen) atoms. The second kappa shape index (κ2) is 5.70. The molecule has 0 unspecified atom stereocenters. The highest BCUT2D eigenvalue weighted by atomic mass is 79.9. The van der Waals surface area contributed by atoms with Gasteiger partial charge < -0.3 is 10.4 Å². The van der Waals surface area contributed by atoms with Gasteiger partial charge in [-0.2, -0.15) is 0 Å². The lowest BCUT2D eigenvalue weighted by Crippen LogP contribution is -2.01. The molecular formula is C13H10BrN3O2S2. The van der Waals surface area contributed by atoms with E-state index in [1.54, 1.807) is 18.3 Å². The molecule has 3 rings (SSSR count). The van der Waals surface area contributed by atoms with Gasteiger partial charge in [0.2, 0.25) is 0 Å². The van der Waals surface area contributed by atoms with Crippen LogP contribution in [0.15, 0.2) is 22.2 Å². The molecule has 0 radical (unpaired) electrons. The molecule has 0 aromatic carbocycles. The summed E-state index contributed by atoms with van der Waals surface area (Å²) in [5, 5.41) is 15.3. The van der Waals surface area contributed by atoms with Gasteiger partial charge >= 0.3 is 5.97 Å². The summed E-state index contributed by atoms with van der Waals surface area (Å²) < 4.78 is 1.05. The van der Waals surface area contributed by atoms with Gasteiger partial charge in [0.15, 0.2) is 0 Å². The number of rotatable bonds is 4. The van der Waals surface area contributed by atoms with E-state index in [0.717, 1.165) is 9.86 Å². The van der Waals surface area contributed by atoms with Gasteiger partial charge in [-0.05, 0) is 34.5 Å². The van der Waals surface area contributed by atoms with Gasteiger partial charge in [0.05, 0.1) is 11.9 Å². The summed E-state index contributed by atoms with van der Waals surface area (Å²) in [5.74, 6) is -0.255. The smallest absolute Gasteiger partial charge is 0.346 e. The summed E-state index contributed by atoms with van der Waals surface area (Å²) in [6.07, 6.45) is 1.45. The minimum absolute atomic E-state index is 0.312. The lowest BCUT2D eigenvalue weighted by atomic mass is 10.2. The minimum Gasteiger partial charge on any atom is -0.477 e. The first-order valence-corrected chi connectivity index (χ1v) is 8.49. The molecule has 0 saturated carbocycles. The molecule has 2 N–H and O–H groups in total. The van der Waals surface area contributed by atoms with E-state index >= 15 is 0 Å². The highest BCUT2D eigenvalue weighted by Crippen LogP contribution is 2.33. The molecule has 0 saturated heterocycles. The number of anilines is 1. The van der Waals surface area contributed by atoms with Crippen molar-refractivity contribution in [2.45, 2.75) is 13.5 Å². The van der Waals surface area contributed by atoms with Crippen LogP contribution >= 0.6 is 38.6 Å².